The third kappa shape index (κ3) is 10.0. The van der Waals surface area contributed by atoms with Gasteiger partial charge in [0.1, 0.15) is 11.0 Å². The molecule has 1 aliphatic carbocycles. The van der Waals surface area contributed by atoms with Gasteiger partial charge in [-0.05, 0) is 46.0 Å². The van der Waals surface area contributed by atoms with E-state index in [1.807, 2.05) is 0 Å². The quantitative estimate of drug-likeness (QED) is 0.287. The van der Waals surface area contributed by atoms with Crippen molar-refractivity contribution < 1.29 is 80.7 Å². The summed E-state index contributed by atoms with van der Waals surface area (Å²) in [5.41, 5.74) is -2.52. The van der Waals surface area contributed by atoms with Crippen molar-refractivity contribution in [1.82, 2.24) is 5.32 Å². The summed E-state index contributed by atoms with van der Waals surface area (Å²) in [6, 6.07) is 0. The van der Waals surface area contributed by atoms with Crippen molar-refractivity contribution in [2.24, 2.45) is 11.3 Å². The Kier molecular flexibility index (Phi) is 13.1. The van der Waals surface area contributed by atoms with Crippen LogP contribution >= 0.6 is 0 Å². The minimum absolute atomic E-state index is 0. The monoisotopic (exact) mass is 423 g/mol. The van der Waals surface area contributed by atoms with Gasteiger partial charge in [-0.25, -0.2) is 4.79 Å². The molecule has 0 radical (unpaired) electrons. The molecule has 0 bridgehead atoms. The molecule has 2 N–H and O–H groups in total. The van der Waals surface area contributed by atoms with Crippen molar-refractivity contribution in [2.75, 3.05) is 6.54 Å². The molecule has 0 spiro atoms. The van der Waals surface area contributed by atoms with Gasteiger partial charge < -0.3 is 25.1 Å². The van der Waals surface area contributed by atoms with Crippen molar-refractivity contribution in [2.45, 2.75) is 90.6 Å². The van der Waals surface area contributed by atoms with Gasteiger partial charge in [0.2, 0.25) is 0 Å². The molecule has 0 aromatic heterocycles. The van der Waals surface area contributed by atoms with E-state index in [2.05, 4.69) is 5.32 Å². The number of alkyl carbamates (subject to hydrolysis) is 1. The summed E-state index contributed by atoms with van der Waals surface area (Å²) in [4.78, 5) is 35.0. The first-order valence-electron chi connectivity index (χ1n) is 9.98. The van der Waals surface area contributed by atoms with Gasteiger partial charge in [0.05, 0.1) is 5.97 Å². The first-order chi connectivity index (χ1) is 12.6. The molecule has 8 heteroatoms. The smallest absolute Gasteiger partial charge is 0.549 e. The van der Waals surface area contributed by atoms with Crippen molar-refractivity contribution in [3.05, 3.63) is 0 Å². The van der Waals surface area contributed by atoms with Gasteiger partial charge in [0.25, 0.3) is 0 Å². The van der Waals surface area contributed by atoms with Gasteiger partial charge in [-0.3, -0.25) is 4.79 Å². The minimum atomic E-state index is -1.90. The molecule has 0 saturated heterocycles. The number of amides is 1. The second kappa shape index (κ2) is 13.2. The number of carbonyl (C=O) groups is 3. The number of nitrogens with one attached hydrogen (secondary N) is 1. The summed E-state index contributed by atoms with van der Waals surface area (Å²) < 4.78 is 5.10. The Morgan fingerprint density at radius 2 is 1.64 bits per heavy atom. The van der Waals surface area contributed by atoms with Gasteiger partial charge in [0.15, 0.2) is 0 Å². The maximum absolute atomic E-state index is 11.7. The molecular formula is C20H34KNO6. The van der Waals surface area contributed by atoms with Crippen molar-refractivity contribution in [3.8, 4) is 0 Å². The van der Waals surface area contributed by atoms with Crippen LogP contribution in [0.1, 0.15) is 85.0 Å². The average molecular weight is 424 g/mol. The molecule has 1 atom stereocenters. The van der Waals surface area contributed by atoms with E-state index in [0.717, 1.165) is 19.3 Å². The van der Waals surface area contributed by atoms with Crippen LogP contribution in [0, 0.1) is 11.3 Å². The zero-order valence-electron chi connectivity index (χ0n) is 17.8. The molecular weight excluding hydrogens is 389 g/mol. The fraction of sp³-hybridized carbons (Fsp3) is 0.850. The molecule has 28 heavy (non-hydrogen) atoms. The van der Waals surface area contributed by atoms with E-state index in [4.69, 9.17) is 4.74 Å². The first-order valence-corrected chi connectivity index (χ1v) is 9.98. The fourth-order valence-electron chi connectivity index (χ4n) is 3.69. The predicted octanol–water partition coefficient (Wildman–Crippen LogP) is -0.133. The number of carboxylic acids is 2. The molecule has 1 saturated carbocycles. The number of hydrogen-bond acceptors (Lipinski definition) is 5. The maximum atomic E-state index is 11.7. The van der Waals surface area contributed by atoms with E-state index in [1.165, 1.54) is 19.3 Å². The van der Waals surface area contributed by atoms with Crippen LogP contribution in [0.4, 0.5) is 4.79 Å². The van der Waals surface area contributed by atoms with E-state index in [0.29, 0.717) is 12.3 Å². The summed E-state index contributed by atoms with van der Waals surface area (Å²) in [5.74, 6) is -2.33. The van der Waals surface area contributed by atoms with E-state index >= 15 is 0 Å². The SMILES string of the molecule is CC(C)(C)OC(=O)NCCCC(CCCC1CCCCC1)(C(=O)[O-])C(=O)O.[K+]. The fourth-order valence-corrected chi connectivity index (χ4v) is 3.69. The summed E-state index contributed by atoms with van der Waals surface area (Å²) in [6.45, 7) is 5.37. The van der Waals surface area contributed by atoms with Crippen molar-refractivity contribution in [3.63, 3.8) is 0 Å². The van der Waals surface area contributed by atoms with Crippen LogP contribution in [0.25, 0.3) is 0 Å². The van der Waals surface area contributed by atoms with Gasteiger partial charge in [-0.2, -0.15) is 0 Å². The molecule has 156 valence electrons. The topological polar surface area (TPSA) is 116 Å². The summed E-state index contributed by atoms with van der Waals surface area (Å²) in [7, 11) is 0. The van der Waals surface area contributed by atoms with E-state index in [-0.39, 0.29) is 77.2 Å². The molecule has 1 fully saturated rings. The Balaban J connectivity index is 0.00000729. The molecule has 1 amide bonds. The molecule has 0 heterocycles. The van der Waals surface area contributed by atoms with Crippen LogP contribution in [0.3, 0.4) is 0 Å². The molecule has 0 aromatic rings. The van der Waals surface area contributed by atoms with Crippen LogP contribution in [-0.2, 0) is 14.3 Å². The molecule has 1 unspecified atom stereocenters. The van der Waals surface area contributed by atoms with Crippen molar-refractivity contribution in [1.29, 1.82) is 0 Å². The van der Waals surface area contributed by atoms with Crippen LogP contribution in [0.2, 0.25) is 0 Å². The Labute approximate surface area is 210 Å². The normalized spacial score (nSPS) is 17.1. The van der Waals surface area contributed by atoms with Gasteiger partial charge in [-0.15, -0.1) is 0 Å². The van der Waals surface area contributed by atoms with Crippen LogP contribution < -0.4 is 61.8 Å². The third-order valence-electron chi connectivity index (χ3n) is 5.19. The van der Waals surface area contributed by atoms with Gasteiger partial charge >= 0.3 is 63.4 Å². The molecule has 0 aliphatic heterocycles. The minimum Gasteiger partial charge on any atom is -0.549 e. The number of hydrogen-bond donors (Lipinski definition) is 2. The zero-order valence-corrected chi connectivity index (χ0v) is 21.0. The number of aliphatic carboxylic acids is 2. The summed E-state index contributed by atoms with van der Waals surface area (Å²) >= 11 is 0. The first kappa shape index (κ1) is 27.8. The number of ether oxygens (including phenoxy) is 1. The molecule has 1 aliphatic rings. The Bertz CT molecular complexity index is 497. The van der Waals surface area contributed by atoms with Crippen LogP contribution in [0.15, 0.2) is 0 Å². The predicted molar refractivity (Wildman–Crippen MR) is 99.0 cm³/mol. The number of carbonyl (C=O) groups excluding carboxylic acids is 2. The van der Waals surface area contributed by atoms with Crippen molar-refractivity contribution >= 4 is 18.0 Å². The van der Waals surface area contributed by atoms with Gasteiger partial charge in [0, 0.05) is 6.54 Å². The van der Waals surface area contributed by atoms with Crippen LogP contribution in [0.5, 0.6) is 0 Å². The third-order valence-corrected chi connectivity index (χ3v) is 5.19. The Morgan fingerprint density at radius 3 is 2.14 bits per heavy atom. The second-order valence-electron chi connectivity index (χ2n) is 8.60. The standard InChI is InChI=1S/C20H35NO6.K/c1-19(2,3)27-18(26)21-14-8-13-20(16(22)23,17(24)25)12-7-11-15-9-5-4-6-10-15;/h15H,4-14H2,1-3H3,(H,21,26)(H,22,23)(H,24,25);/q;+1/p-1. The molecule has 7 nitrogen and oxygen atoms in total. The Hall–Kier alpha value is -0.154. The number of carboxylic acid groups (broad SMARTS) is 2. The zero-order chi connectivity index (χ0) is 20.5. The average Bonchev–Trinajstić information content (AvgIpc) is 2.55. The second-order valence-corrected chi connectivity index (χ2v) is 8.60. The summed E-state index contributed by atoms with van der Waals surface area (Å²) in [5, 5.41) is 23.7. The van der Waals surface area contributed by atoms with E-state index in [9.17, 15) is 24.6 Å². The maximum Gasteiger partial charge on any atom is 1.00 e. The van der Waals surface area contributed by atoms with Gasteiger partial charge in [-0.1, -0.05) is 44.9 Å². The van der Waals surface area contributed by atoms with Crippen LogP contribution in [-0.4, -0.2) is 35.3 Å². The number of rotatable bonds is 10. The van der Waals surface area contributed by atoms with E-state index in [1.54, 1.807) is 20.8 Å². The largest absolute Gasteiger partial charge is 1.00 e. The van der Waals surface area contributed by atoms with E-state index < -0.39 is 29.0 Å². The molecule has 0 aromatic carbocycles. The summed E-state index contributed by atoms with van der Waals surface area (Å²) in [6.07, 6.45) is 6.96. The molecule has 1 rings (SSSR count). The Morgan fingerprint density at radius 1 is 1.07 bits per heavy atom.